The molecule has 1 aromatic carbocycles. The number of ether oxygens (including phenoxy) is 2. The van der Waals surface area contributed by atoms with Crippen LogP contribution in [0.4, 0.5) is 0 Å². The zero-order valence-electron chi connectivity index (χ0n) is 12.6. The Morgan fingerprint density at radius 1 is 1.43 bits per heavy atom. The normalized spacial score (nSPS) is 17.8. The summed E-state index contributed by atoms with van der Waals surface area (Å²) in [5.74, 6) is 0.907. The van der Waals surface area contributed by atoms with E-state index in [4.69, 9.17) is 9.47 Å². The van der Waals surface area contributed by atoms with Gasteiger partial charge in [0.15, 0.2) is 0 Å². The Hall–Kier alpha value is -1.81. The van der Waals surface area contributed by atoms with Crippen LogP contribution in [0.15, 0.2) is 36.9 Å². The molecule has 0 radical (unpaired) electrons. The van der Waals surface area contributed by atoms with Crippen molar-refractivity contribution < 1.29 is 14.3 Å². The third-order valence-electron chi connectivity index (χ3n) is 3.65. The molecule has 0 aromatic heterocycles. The van der Waals surface area contributed by atoms with Crippen LogP contribution in [0.3, 0.4) is 0 Å². The third kappa shape index (κ3) is 4.90. The molecule has 1 fully saturated rings. The van der Waals surface area contributed by atoms with Crippen LogP contribution in [-0.2, 0) is 16.1 Å². The van der Waals surface area contributed by atoms with Crippen molar-refractivity contribution in [1.82, 2.24) is 4.90 Å². The van der Waals surface area contributed by atoms with Crippen molar-refractivity contribution in [3.05, 3.63) is 42.5 Å². The molecule has 1 aliphatic rings. The Morgan fingerprint density at radius 2 is 2.19 bits per heavy atom. The summed E-state index contributed by atoms with van der Waals surface area (Å²) in [7, 11) is 2.07. The Labute approximate surface area is 126 Å². The third-order valence-corrected chi connectivity index (χ3v) is 3.65. The summed E-state index contributed by atoms with van der Waals surface area (Å²) >= 11 is 0. The van der Waals surface area contributed by atoms with Crippen LogP contribution in [0.25, 0.3) is 0 Å². The number of esters is 1. The Kier molecular flexibility index (Phi) is 5.81. The van der Waals surface area contributed by atoms with E-state index in [1.165, 1.54) is 5.56 Å². The first-order chi connectivity index (χ1) is 10.2. The maximum Gasteiger partial charge on any atom is 0.309 e. The summed E-state index contributed by atoms with van der Waals surface area (Å²) in [5, 5.41) is 0. The van der Waals surface area contributed by atoms with Crippen molar-refractivity contribution in [1.29, 1.82) is 0 Å². The minimum atomic E-state index is -0.0351. The average Bonchev–Trinajstić information content (AvgIpc) is 2.90. The van der Waals surface area contributed by atoms with Gasteiger partial charge in [0, 0.05) is 6.54 Å². The second-order valence-corrected chi connectivity index (χ2v) is 5.42. The molecule has 0 saturated carbocycles. The summed E-state index contributed by atoms with van der Waals surface area (Å²) in [4.78, 5) is 13.6. The fourth-order valence-corrected chi connectivity index (χ4v) is 2.41. The molecule has 4 heteroatoms. The van der Waals surface area contributed by atoms with Crippen LogP contribution in [-0.4, -0.2) is 37.7 Å². The van der Waals surface area contributed by atoms with E-state index in [2.05, 4.69) is 30.7 Å². The standard InChI is InChI=1S/C17H23NO3/c1-3-11-20-16-6-4-14(5-7-16)13-18(2)10-8-15-9-12-21-17(15)19/h3-7,15H,1,8-13H2,2H3/t15-/m0/s1. The molecule has 1 aromatic rings. The van der Waals surface area contributed by atoms with Gasteiger partial charge in [0.2, 0.25) is 0 Å². The first-order valence-corrected chi connectivity index (χ1v) is 7.37. The van der Waals surface area contributed by atoms with Gasteiger partial charge in [-0.15, -0.1) is 0 Å². The number of carbonyl (C=O) groups excluding carboxylic acids is 1. The quantitative estimate of drug-likeness (QED) is 0.545. The molecule has 21 heavy (non-hydrogen) atoms. The van der Waals surface area contributed by atoms with E-state index in [-0.39, 0.29) is 11.9 Å². The van der Waals surface area contributed by atoms with Gasteiger partial charge in [-0.05, 0) is 44.1 Å². The van der Waals surface area contributed by atoms with Crippen LogP contribution in [0.5, 0.6) is 5.75 Å². The Morgan fingerprint density at radius 3 is 2.81 bits per heavy atom. The summed E-state index contributed by atoms with van der Waals surface area (Å²) in [6, 6.07) is 8.08. The zero-order chi connectivity index (χ0) is 15.1. The number of rotatable bonds is 8. The molecule has 0 spiro atoms. The molecule has 0 aliphatic carbocycles. The molecular weight excluding hydrogens is 266 g/mol. The molecule has 0 unspecified atom stereocenters. The van der Waals surface area contributed by atoms with Gasteiger partial charge in [-0.2, -0.15) is 0 Å². The summed E-state index contributed by atoms with van der Waals surface area (Å²) in [6.07, 6.45) is 3.47. The number of benzene rings is 1. The predicted molar refractivity (Wildman–Crippen MR) is 82.2 cm³/mol. The largest absolute Gasteiger partial charge is 0.490 e. The van der Waals surface area contributed by atoms with Crippen molar-refractivity contribution in [2.45, 2.75) is 19.4 Å². The van der Waals surface area contributed by atoms with Crippen LogP contribution in [0, 0.1) is 5.92 Å². The van der Waals surface area contributed by atoms with Crippen LogP contribution in [0.1, 0.15) is 18.4 Å². The van der Waals surface area contributed by atoms with E-state index in [1.807, 2.05) is 12.1 Å². The van der Waals surface area contributed by atoms with Crippen molar-refractivity contribution in [3.8, 4) is 5.75 Å². The van der Waals surface area contributed by atoms with Crippen molar-refractivity contribution in [2.24, 2.45) is 5.92 Å². The lowest BCUT2D eigenvalue weighted by atomic mass is 10.0. The van der Waals surface area contributed by atoms with E-state index in [0.29, 0.717) is 13.2 Å². The lowest BCUT2D eigenvalue weighted by Crippen LogP contribution is -2.22. The maximum atomic E-state index is 11.4. The van der Waals surface area contributed by atoms with Gasteiger partial charge >= 0.3 is 5.97 Å². The van der Waals surface area contributed by atoms with E-state index in [1.54, 1.807) is 6.08 Å². The molecule has 1 aliphatic heterocycles. The molecule has 0 N–H and O–H groups in total. The molecule has 0 bridgehead atoms. The van der Waals surface area contributed by atoms with Gasteiger partial charge in [0.25, 0.3) is 0 Å². The number of carbonyl (C=O) groups is 1. The van der Waals surface area contributed by atoms with Crippen LogP contribution >= 0.6 is 0 Å². The smallest absolute Gasteiger partial charge is 0.309 e. The van der Waals surface area contributed by atoms with E-state index in [0.717, 1.165) is 31.7 Å². The topological polar surface area (TPSA) is 38.8 Å². The molecule has 0 amide bonds. The SMILES string of the molecule is C=CCOc1ccc(CN(C)CC[C@H]2CCOC2=O)cc1. The molecule has 1 saturated heterocycles. The fraction of sp³-hybridized carbons (Fsp3) is 0.471. The first kappa shape index (κ1) is 15.6. The molecule has 2 rings (SSSR count). The number of nitrogens with zero attached hydrogens (tertiary/aromatic N) is 1. The Balaban J connectivity index is 1.75. The second-order valence-electron chi connectivity index (χ2n) is 5.42. The highest BCUT2D eigenvalue weighted by Gasteiger charge is 2.26. The molecule has 4 nitrogen and oxygen atoms in total. The van der Waals surface area contributed by atoms with Crippen LogP contribution < -0.4 is 4.74 Å². The van der Waals surface area contributed by atoms with Gasteiger partial charge < -0.3 is 14.4 Å². The highest BCUT2D eigenvalue weighted by molar-refractivity contribution is 5.74. The highest BCUT2D eigenvalue weighted by atomic mass is 16.5. The second kappa shape index (κ2) is 7.84. The van der Waals surface area contributed by atoms with Gasteiger partial charge in [-0.3, -0.25) is 4.79 Å². The average molecular weight is 289 g/mol. The van der Waals surface area contributed by atoms with Gasteiger partial charge in [-0.25, -0.2) is 0 Å². The molecule has 1 heterocycles. The fourth-order valence-electron chi connectivity index (χ4n) is 2.41. The summed E-state index contributed by atoms with van der Waals surface area (Å²) < 4.78 is 10.4. The molecular formula is C17H23NO3. The first-order valence-electron chi connectivity index (χ1n) is 7.37. The summed E-state index contributed by atoms with van der Waals surface area (Å²) in [6.45, 7) is 6.50. The summed E-state index contributed by atoms with van der Waals surface area (Å²) in [5.41, 5.74) is 1.23. The van der Waals surface area contributed by atoms with Gasteiger partial charge in [-0.1, -0.05) is 24.8 Å². The predicted octanol–water partition coefficient (Wildman–Crippen LogP) is 2.64. The van der Waals surface area contributed by atoms with Crippen LogP contribution in [0.2, 0.25) is 0 Å². The van der Waals surface area contributed by atoms with Gasteiger partial charge in [0.1, 0.15) is 12.4 Å². The maximum absolute atomic E-state index is 11.4. The van der Waals surface area contributed by atoms with Gasteiger partial charge in [0.05, 0.1) is 12.5 Å². The highest BCUT2D eigenvalue weighted by Crippen LogP contribution is 2.19. The van der Waals surface area contributed by atoms with Crippen molar-refractivity contribution in [2.75, 3.05) is 26.8 Å². The number of cyclic esters (lactones) is 1. The van der Waals surface area contributed by atoms with E-state index in [9.17, 15) is 4.79 Å². The zero-order valence-corrected chi connectivity index (χ0v) is 12.6. The minimum Gasteiger partial charge on any atom is -0.490 e. The van der Waals surface area contributed by atoms with Crippen molar-refractivity contribution >= 4 is 5.97 Å². The lowest BCUT2D eigenvalue weighted by Gasteiger charge is -2.18. The molecule has 114 valence electrons. The molecule has 1 atom stereocenters. The Bertz CT molecular complexity index is 469. The lowest BCUT2D eigenvalue weighted by molar-refractivity contribution is -0.141. The van der Waals surface area contributed by atoms with E-state index >= 15 is 0 Å². The number of hydrogen-bond acceptors (Lipinski definition) is 4. The number of hydrogen-bond donors (Lipinski definition) is 0. The minimum absolute atomic E-state index is 0.0351. The monoisotopic (exact) mass is 289 g/mol. The van der Waals surface area contributed by atoms with E-state index < -0.39 is 0 Å². The van der Waals surface area contributed by atoms with Crippen molar-refractivity contribution in [3.63, 3.8) is 0 Å².